The predicted molar refractivity (Wildman–Crippen MR) is 141 cm³/mol. The van der Waals surface area contributed by atoms with Gasteiger partial charge in [-0.1, -0.05) is 60.7 Å². The first-order valence-electron chi connectivity index (χ1n) is 12.5. The molecule has 3 aromatic rings. The fourth-order valence-corrected chi connectivity index (χ4v) is 4.78. The SMILES string of the molecule is CNC(=O)C[C@@H]1CN(C(=O)c2cncc(OCCOC)c2)CCN1C(c1ccccc1)c1ccccc1. The smallest absolute Gasteiger partial charge is 0.255 e. The number of amides is 2. The maximum atomic E-state index is 13.5. The highest BCUT2D eigenvalue weighted by Crippen LogP contribution is 2.33. The van der Waals surface area contributed by atoms with Crippen molar-refractivity contribution in [3.63, 3.8) is 0 Å². The molecule has 0 bridgehead atoms. The molecule has 1 aromatic heterocycles. The Balaban J connectivity index is 1.59. The number of hydrogen-bond donors (Lipinski definition) is 1. The van der Waals surface area contributed by atoms with E-state index < -0.39 is 0 Å². The van der Waals surface area contributed by atoms with Gasteiger partial charge < -0.3 is 19.7 Å². The Morgan fingerprint density at radius 1 is 1.00 bits per heavy atom. The van der Waals surface area contributed by atoms with Crippen LogP contribution in [0.3, 0.4) is 0 Å². The number of methoxy groups -OCH3 is 1. The topological polar surface area (TPSA) is 84.0 Å². The second-order valence-electron chi connectivity index (χ2n) is 8.99. The maximum Gasteiger partial charge on any atom is 0.255 e. The Hall–Kier alpha value is -3.75. The zero-order valence-corrected chi connectivity index (χ0v) is 21.4. The Morgan fingerprint density at radius 2 is 1.68 bits per heavy atom. The highest BCUT2D eigenvalue weighted by Gasteiger charge is 2.36. The summed E-state index contributed by atoms with van der Waals surface area (Å²) < 4.78 is 10.7. The van der Waals surface area contributed by atoms with Crippen LogP contribution in [0.4, 0.5) is 0 Å². The molecule has 1 aliphatic rings. The van der Waals surface area contributed by atoms with Crippen molar-refractivity contribution in [2.24, 2.45) is 0 Å². The lowest BCUT2D eigenvalue weighted by Crippen LogP contribution is -2.56. The molecule has 1 atom stereocenters. The van der Waals surface area contributed by atoms with Crippen LogP contribution in [0.2, 0.25) is 0 Å². The van der Waals surface area contributed by atoms with Gasteiger partial charge >= 0.3 is 0 Å². The summed E-state index contributed by atoms with van der Waals surface area (Å²) in [6.07, 6.45) is 3.43. The molecule has 0 aliphatic carbocycles. The summed E-state index contributed by atoms with van der Waals surface area (Å²) >= 11 is 0. The van der Waals surface area contributed by atoms with Crippen LogP contribution in [0.15, 0.2) is 79.1 Å². The molecular formula is C29H34N4O4. The van der Waals surface area contributed by atoms with Crippen LogP contribution in [0, 0.1) is 0 Å². The van der Waals surface area contributed by atoms with Crippen LogP contribution in [0.1, 0.15) is 33.9 Å². The number of hydrogen-bond acceptors (Lipinski definition) is 6. The van der Waals surface area contributed by atoms with Gasteiger partial charge in [0.25, 0.3) is 5.91 Å². The number of benzene rings is 2. The molecule has 2 amide bonds. The van der Waals surface area contributed by atoms with Crippen LogP contribution in [0.25, 0.3) is 0 Å². The van der Waals surface area contributed by atoms with Gasteiger partial charge in [0.2, 0.25) is 5.91 Å². The highest BCUT2D eigenvalue weighted by molar-refractivity contribution is 5.94. The molecule has 1 saturated heterocycles. The number of rotatable bonds is 10. The van der Waals surface area contributed by atoms with Gasteiger partial charge in [0.15, 0.2) is 0 Å². The van der Waals surface area contributed by atoms with Crippen LogP contribution >= 0.6 is 0 Å². The molecule has 1 fully saturated rings. The fourth-order valence-electron chi connectivity index (χ4n) is 4.78. The third-order valence-corrected chi connectivity index (χ3v) is 6.59. The van der Waals surface area contributed by atoms with Gasteiger partial charge in [-0.3, -0.25) is 19.5 Å². The van der Waals surface area contributed by atoms with Gasteiger partial charge in [-0.2, -0.15) is 0 Å². The Labute approximate surface area is 218 Å². The second kappa shape index (κ2) is 13.0. The van der Waals surface area contributed by atoms with Crippen LogP contribution in [0.5, 0.6) is 5.75 Å². The van der Waals surface area contributed by atoms with Crippen LogP contribution in [-0.2, 0) is 9.53 Å². The van der Waals surface area contributed by atoms with Crippen LogP contribution < -0.4 is 10.1 Å². The zero-order valence-electron chi connectivity index (χ0n) is 21.4. The average Bonchev–Trinajstić information content (AvgIpc) is 2.95. The van der Waals surface area contributed by atoms with E-state index in [-0.39, 0.29) is 30.3 Å². The largest absolute Gasteiger partial charge is 0.490 e. The molecule has 2 heterocycles. The van der Waals surface area contributed by atoms with E-state index in [2.05, 4.69) is 39.5 Å². The molecule has 0 saturated carbocycles. The standard InChI is InChI=1S/C29H34N4O4/c1-30-27(34)18-25-21-32(29(35)24-17-26(20-31-19-24)37-16-15-36-2)13-14-33(25)28(22-9-5-3-6-10-22)23-11-7-4-8-12-23/h3-12,17,19-20,25,28H,13-16,18,21H2,1-2H3,(H,30,34)/t25-/m1/s1. The van der Waals surface area contributed by atoms with E-state index in [1.54, 1.807) is 32.6 Å². The maximum absolute atomic E-state index is 13.5. The number of nitrogens with one attached hydrogen (secondary N) is 1. The second-order valence-corrected chi connectivity index (χ2v) is 8.99. The Morgan fingerprint density at radius 3 is 2.30 bits per heavy atom. The van der Waals surface area contributed by atoms with Crippen molar-refractivity contribution in [2.75, 3.05) is 47.0 Å². The summed E-state index contributed by atoms with van der Waals surface area (Å²) in [5, 5.41) is 2.75. The van der Waals surface area contributed by atoms with E-state index in [1.807, 2.05) is 41.3 Å². The van der Waals surface area contributed by atoms with Crippen molar-refractivity contribution < 1.29 is 19.1 Å². The summed E-state index contributed by atoms with van der Waals surface area (Å²) in [7, 11) is 3.25. The van der Waals surface area contributed by atoms with Gasteiger partial charge in [0.1, 0.15) is 12.4 Å². The summed E-state index contributed by atoms with van der Waals surface area (Å²) in [6.45, 7) is 2.42. The summed E-state index contributed by atoms with van der Waals surface area (Å²) in [5.41, 5.74) is 2.77. The molecule has 1 N–H and O–H groups in total. The molecule has 1 aliphatic heterocycles. The molecule has 4 rings (SSSR count). The van der Waals surface area contributed by atoms with E-state index in [1.165, 1.54) is 0 Å². The number of piperazine rings is 1. The minimum Gasteiger partial charge on any atom is -0.490 e. The molecule has 2 aromatic carbocycles. The number of carbonyl (C=O) groups is 2. The van der Waals surface area contributed by atoms with Gasteiger partial charge in [-0.25, -0.2) is 0 Å². The van der Waals surface area contributed by atoms with Crippen molar-refractivity contribution in [1.29, 1.82) is 0 Å². The van der Waals surface area contributed by atoms with Crippen molar-refractivity contribution in [3.8, 4) is 5.75 Å². The van der Waals surface area contributed by atoms with Crippen LogP contribution in [-0.4, -0.2) is 79.6 Å². The number of nitrogens with zero attached hydrogens (tertiary/aromatic N) is 3. The number of aromatic nitrogens is 1. The normalized spacial score (nSPS) is 16.0. The first-order valence-corrected chi connectivity index (χ1v) is 12.5. The van der Waals surface area contributed by atoms with Gasteiger partial charge in [0, 0.05) is 52.5 Å². The van der Waals surface area contributed by atoms with E-state index >= 15 is 0 Å². The lowest BCUT2D eigenvalue weighted by atomic mass is 9.93. The van der Waals surface area contributed by atoms with Gasteiger partial charge in [-0.15, -0.1) is 0 Å². The minimum atomic E-state index is -0.169. The van der Waals surface area contributed by atoms with E-state index in [0.29, 0.717) is 44.2 Å². The van der Waals surface area contributed by atoms with Crippen molar-refractivity contribution in [3.05, 3.63) is 95.8 Å². The molecule has 0 radical (unpaired) electrons. The highest BCUT2D eigenvalue weighted by atomic mass is 16.5. The van der Waals surface area contributed by atoms with E-state index in [9.17, 15) is 9.59 Å². The summed E-state index contributed by atoms with van der Waals surface area (Å²) in [6, 6.07) is 22.1. The molecule has 194 valence electrons. The molecule has 37 heavy (non-hydrogen) atoms. The van der Waals surface area contributed by atoms with E-state index in [0.717, 1.165) is 11.1 Å². The predicted octanol–water partition coefficient (Wildman–Crippen LogP) is 3.16. The molecule has 8 nitrogen and oxygen atoms in total. The monoisotopic (exact) mass is 502 g/mol. The van der Waals surface area contributed by atoms with Gasteiger partial charge in [0.05, 0.1) is 24.4 Å². The Bertz CT molecular complexity index is 1120. The third kappa shape index (κ3) is 6.72. The minimum absolute atomic E-state index is 0.0338. The fraction of sp³-hybridized carbons (Fsp3) is 0.345. The third-order valence-electron chi connectivity index (χ3n) is 6.59. The lowest BCUT2D eigenvalue weighted by molar-refractivity contribution is -0.122. The lowest BCUT2D eigenvalue weighted by Gasteiger charge is -2.45. The molecule has 8 heteroatoms. The van der Waals surface area contributed by atoms with Crippen molar-refractivity contribution in [2.45, 2.75) is 18.5 Å². The van der Waals surface area contributed by atoms with Crippen molar-refractivity contribution in [1.82, 2.24) is 20.1 Å². The number of carbonyl (C=O) groups excluding carboxylic acids is 2. The average molecular weight is 503 g/mol. The first-order chi connectivity index (χ1) is 18.1. The van der Waals surface area contributed by atoms with Gasteiger partial charge in [-0.05, 0) is 17.2 Å². The first kappa shape index (κ1) is 26.3. The summed E-state index contributed by atoms with van der Waals surface area (Å²) in [5.74, 6) is 0.346. The number of ether oxygens (including phenoxy) is 2. The molecular weight excluding hydrogens is 468 g/mol. The number of pyridine rings is 1. The van der Waals surface area contributed by atoms with Crippen molar-refractivity contribution >= 4 is 11.8 Å². The Kier molecular flexibility index (Phi) is 9.24. The quantitative estimate of drug-likeness (QED) is 0.429. The zero-order chi connectivity index (χ0) is 26.0. The molecule has 0 spiro atoms. The van der Waals surface area contributed by atoms with E-state index in [4.69, 9.17) is 9.47 Å². The molecule has 0 unspecified atom stereocenters. The summed E-state index contributed by atoms with van der Waals surface area (Å²) in [4.78, 5) is 34.4.